The van der Waals surface area contributed by atoms with Gasteiger partial charge < -0.3 is 10.1 Å². The highest BCUT2D eigenvalue weighted by Crippen LogP contribution is 2.33. The Balaban J connectivity index is 1.75. The lowest BCUT2D eigenvalue weighted by molar-refractivity contribution is 0.354. The van der Waals surface area contributed by atoms with Crippen LogP contribution < -0.4 is 10.1 Å². The molecular weight excluding hydrogens is 314 g/mol. The van der Waals surface area contributed by atoms with Crippen molar-refractivity contribution in [3.63, 3.8) is 0 Å². The maximum Gasteiger partial charge on any atom is 0.127 e. The van der Waals surface area contributed by atoms with Crippen molar-refractivity contribution in [3.8, 4) is 5.75 Å². The summed E-state index contributed by atoms with van der Waals surface area (Å²) >= 11 is 3.58. The average molecular weight is 332 g/mol. The molecule has 0 atom stereocenters. The second kappa shape index (κ2) is 5.88. The Morgan fingerprint density at radius 3 is 2.75 bits per heavy atom. The maximum atomic E-state index is 5.75. The number of benzene rings is 2. The molecule has 1 aliphatic heterocycles. The molecule has 0 bridgehead atoms. The summed E-state index contributed by atoms with van der Waals surface area (Å²) in [5, 5.41) is 3.47. The van der Waals surface area contributed by atoms with E-state index in [1.165, 1.54) is 16.7 Å². The van der Waals surface area contributed by atoms with Crippen molar-refractivity contribution in [2.24, 2.45) is 0 Å². The van der Waals surface area contributed by atoms with Gasteiger partial charge in [-0.25, -0.2) is 0 Å². The van der Waals surface area contributed by atoms with E-state index in [4.69, 9.17) is 4.74 Å². The van der Waals surface area contributed by atoms with Gasteiger partial charge >= 0.3 is 0 Å². The van der Waals surface area contributed by atoms with E-state index < -0.39 is 0 Å². The molecule has 0 aromatic heterocycles. The number of hydrogen-bond donors (Lipinski definition) is 1. The van der Waals surface area contributed by atoms with Gasteiger partial charge in [0.1, 0.15) is 5.75 Å². The molecule has 2 aromatic rings. The second-order valence-electron chi connectivity index (χ2n) is 5.06. The van der Waals surface area contributed by atoms with Crippen molar-refractivity contribution in [2.45, 2.75) is 26.3 Å². The first-order valence-electron chi connectivity index (χ1n) is 7.03. The van der Waals surface area contributed by atoms with Crippen molar-refractivity contribution < 1.29 is 4.74 Å². The van der Waals surface area contributed by atoms with Gasteiger partial charge in [-0.05, 0) is 41.8 Å². The number of nitrogens with one attached hydrogen (secondary N) is 1. The van der Waals surface area contributed by atoms with Crippen LogP contribution in [0.5, 0.6) is 5.75 Å². The minimum absolute atomic E-state index is 0.785. The summed E-state index contributed by atoms with van der Waals surface area (Å²) in [7, 11) is 0. The van der Waals surface area contributed by atoms with E-state index in [1.54, 1.807) is 0 Å². The predicted octanol–water partition coefficient (Wildman–Crippen LogP) is 4.56. The Bertz CT molecular complexity index is 607. The number of ether oxygens (including phenoxy) is 1. The van der Waals surface area contributed by atoms with Crippen LogP contribution in [0, 0.1) is 0 Å². The first kappa shape index (κ1) is 13.5. The Morgan fingerprint density at radius 2 is 2.00 bits per heavy atom. The van der Waals surface area contributed by atoms with Crippen LogP contribution in [0.3, 0.4) is 0 Å². The smallest absolute Gasteiger partial charge is 0.127 e. The summed E-state index contributed by atoms with van der Waals surface area (Å²) in [6.45, 7) is 3.75. The fraction of sp³-hybridized carbons (Fsp3) is 0.294. The normalized spacial score (nSPS) is 12.9. The molecule has 1 aliphatic rings. The van der Waals surface area contributed by atoms with Crippen LogP contribution in [0.2, 0.25) is 0 Å². The quantitative estimate of drug-likeness (QED) is 0.886. The molecule has 3 rings (SSSR count). The highest BCUT2D eigenvalue weighted by atomic mass is 79.9. The van der Waals surface area contributed by atoms with Crippen LogP contribution in [0.25, 0.3) is 0 Å². The third-order valence-corrected chi connectivity index (χ3v) is 4.13. The van der Waals surface area contributed by atoms with Gasteiger partial charge in [0.05, 0.1) is 6.61 Å². The molecule has 0 saturated carbocycles. The molecule has 0 unspecified atom stereocenters. The lowest BCUT2D eigenvalue weighted by Crippen LogP contribution is -2.01. The topological polar surface area (TPSA) is 21.3 Å². The zero-order valence-corrected chi connectivity index (χ0v) is 13.2. The summed E-state index contributed by atoms with van der Waals surface area (Å²) < 4.78 is 6.87. The minimum atomic E-state index is 0.785. The first-order chi connectivity index (χ1) is 9.76. The Kier molecular flexibility index (Phi) is 3.97. The number of fused-ring (bicyclic) bond motifs is 1. The SMILES string of the molecule is CCc1ccc(NCc2cc(Br)cc3c2OCC3)cc1. The van der Waals surface area contributed by atoms with E-state index in [-0.39, 0.29) is 0 Å². The number of halogens is 1. The average Bonchev–Trinajstić information content (AvgIpc) is 2.93. The van der Waals surface area contributed by atoms with Gasteiger partial charge in [0.15, 0.2) is 0 Å². The zero-order chi connectivity index (χ0) is 13.9. The van der Waals surface area contributed by atoms with Crippen molar-refractivity contribution in [2.75, 3.05) is 11.9 Å². The molecule has 0 radical (unpaired) electrons. The van der Waals surface area contributed by atoms with Gasteiger partial charge in [0.25, 0.3) is 0 Å². The number of hydrogen-bond acceptors (Lipinski definition) is 2. The molecule has 0 aliphatic carbocycles. The fourth-order valence-corrected chi connectivity index (χ4v) is 3.09. The van der Waals surface area contributed by atoms with Gasteiger partial charge in [0, 0.05) is 28.7 Å². The van der Waals surface area contributed by atoms with Gasteiger partial charge in [0.2, 0.25) is 0 Å². The third kappa shape index (κ3) is 2.83. The fourth-order valence-electron chi connectivity index (χ4n) is 2.53. The van der Waals surface area contributed by atoms with Crippen molar-refractivity contribution in [3.05, 3.63) is 57.6 Å². The molecule has 0 saturated heterocycles. The number of aryl methyl sites for hydroxylation is 1. The maximum absolute atomic E-state index is 5.75. The standard InChI is InChI=1S/C17H18BrNO/c1-2-12-3-5-16(6-4-12)19-11-14-10-15(18)9-13-7-8-20-17(13)14/h3-6,9-10,19H,2,7-8,11H2,1H3. The van der Waals surface area contributed by atoms with Gasteiger partial charge in [-0.1, -0.05) is 35.0 Å². The molecule has 3 heteroatoms. The molecule has 2 nitrogen and oxygen atoms in total. The molecule has 20 heavy (non-hydrogen) atoms. The molecule has 2 aromatic carbocycles. The molecular formula is C17H18BrNO. The molecule has 104 valence electrons. The minimum Gasteiger partial charge on any atom is -0.493 e. The van der Waals surface area contributed by atoms with E-state index in [2.05, 4.69) is 64.6 Å². The zero-order valence-electron chi connectivity index (χ0n) is 11.6. The summed E-state index contributed by atoms with van der Waals surface area (Å²) in [5.41, 5.74) is 5.03. The van der Waals surface area contributed by atoms with E-state index >= 15 is 0 Å². The summed E-state index contributed by atoms with van der Waals surface area (Å²) in [4.78, 5) is 0. The number of anilines is 1. The van der Waals surface area contributed by atoms with E-state index in [0.29, 0.717) is 0 Å². The molecule has 1 N–H and O–H groups in total. The van der Waals surface area contributed by atoms with Crippen LogP contribution in [0.1, 0.15) is 23.6 Å². The lowest BCUT2D eigenvalue weighted by atomic mass is 10.1. The molecule has 0 fully saturated rings. The van der Waals surface area contributed by atoms with Gasteiger partial charge in [-0.15, -0.1) is 0 Å². The highest BCUT2D eigenvalue weighted by Gasteiger charge is 2.17. The van der Waals surface area contributed by atoms with E-state index in [1.807, 2.05) is 0 Å². The lowest BCUT2D eigenvalue weighted by Gasteiger charge is -2.11. The molecule has 0 spiro atoms. The number of rotatable bonds is 4. The first-order valence-corrected chi connectivity index (χ1v) is 7.82. The Labute approximate surface area is 128 Å². The van der Waals surface area contributed by atoms with Crippen LogP contribution in [-0.4, -0.2) is 6.61 Å². The summed E-state index contributed by atoms with van der Waals surface area (Å²) in [5.74, 6) is 1.06. The Morgan fingerprint density at radius 1 is 1.20 bits per heavy atom. The Hall–Kier alpha value is -1.48. The van der Waals surface area contributed by atoms with Crippen molar-refractivity contribution in [1.29, 1.82) is 0 Å². The van der Waals surface area contributed by atoms with E-state index in [9.17, 15) is 0 Å². The van der Waals surface area contributed by atoms with Gasteiger partial charge in [-0.3, -0.25) is 0 Å². The highest BCUT2D eigenvalue weighted by molar-refractivity contribution is 9.10. The molecule has 1 heterocycles. The predicted molar refractivity (Wildman–Crippen MR) is 86.5 cm³/mol. The van der Waals surface area contributed by atoms with Crippen LogP contribution in [-0.2, 0) is 19.4 Å². The monoisotopic (exact) mass is 331 g/mol. The largest absolute Gasteiger partial charge is 0.493 e. The van der Waals surface area contributed by atoms with E-state index in [0.717, 1.165) is 41.9 Å². The van der Waals surface area contributed by atoms with Crippen molar-refractivity contribution >= 4 is 21.6 Å². The summed E-state index contributed by atoms with van der Waals surface area (Å²) in [6, 6.07) is 12.9. The van der Waals surface area contributed by atoms with Crippen molar-refractivity contribution in [1.82, 2.24) is 0 Å². The van der Waals surface area contributed by atoms with Crippen LogP contribution >= 0.6 is 15.9 Å². The van der Waals surface area contributed by atoms with Crippen LogP contribution in [0.15, 0.2) is 40.9 Å². The van der Waals surface area contributed by atoms with Crippen LogP contribution in [0.4, 0.5) is 5.69 Å². The van der Waals surface area contributed by atoms with Gasteiger partial charge in [-0.2, -0.15) is 0 Å². The third-order valence-electron chi connectivity index (χ3n) is 3.67. The second-order valence-corrected chi connectivity index (χ2v) is 5.97. The molecule has 0 amide bonds. The summed E-state index contributed by atoms with van der Waals surface area (Å²) in [6.07, 6.45) is 2.08.